The van der Waals surface area contributed by atoms with Gasteiger partial charge in [-0.3, -0.25) is 9.69 Å². The normalized spacial score (nSPS) is 22.6. The van der Waals surface area contributed by atoms with Crippen molar-refractivity contribution in [2.75, 3.05) is 36.4 Å². The van der Waals surface area contributed by atoms with E-state index in [0.29, 0.717) is 48.9 Å². The van der Waals surface area contributed by atoms with E-state index in [1.54, 1.807) is 6.07 Å². The highest BCUT2D eigenvalue weighted by molar-refractivity contribution is 7.90. The molecule has 1 atom stereocenters. The fourth-order valence-corrected chi connectivity index (χ4v) is 12.3. The van der Waals surface area contributed by atoms with E-state index < -0.39 is 32.2 Å². The van der Waals surface area contributed by atoms with Gasteiger partial charge in [-0.25, -0.2) is 32.5 Å². The van der Waals surface area contributed by atoms with E-state index in [9.17, 15) is 27.8 Å². The van der Waals surface area contributed by atoms with Gasteiger partial charge >= 0.3 is 0 Å². The van der Waals surface area contributed by atoms with Crippen LogP contribution in [0.5, 0.6) is 17.2 Å². The topological polar surface area (TPSA) is 202 Å². The molecule has 6 N–H and O–H groups in total. The molecule has 15 nitrogen and oxygen atoms in total. The number of sulfonamides is 1. The number of aliphatic hydroxyl groups is 1. The van der Waals surface area contributed by atoms with Crippen LogP contribution in [-0.2, 0) is 10.0 Å². The Morgan fingerprint density at radius 1 is 1.00 bits per heavy atom. The van der Waals surface area contributed by atoms with Crippen LogP contribution >= 0.6 is 0 Å². The number of piperidine rings is 1. The summed E-state index contributed by atoms with van der Waals surface area (Å²) in [5.74, 6) is -0.471. The van der Waals surface area contributed by atoms with Gasteiger partial charge in [0.15, 0.2) is 0 Å². The van der Waals surface area contributed by atoms with Crippen molar-refractivity contribution in [1.29, 1.82) is 0 Å². The number of amides is 1. The Bertz CT molecular complexity index is 2890. The molecule has 2 aliphatic carbocycles. The molecular formula is C49H58FN9O6S. The fourth-order valence-electron chi connectivity index (χ4n) is 11.1. The lowest BCUT2D eigenvalue weighted by Gasteiger charge is -2.56. The largest absolute Gasteiger partial charge is 0.506 e. The number of imidazole rings is 1. The summed E-state index contributed by atoms with van der Waals surface area (Å²) in [5, 5.41) is 25.0. The number of hydrogen-bond donors (Lipinski definition) is 6. The number of H-pyrrole nitrogens is 2. The minimum Gasteiger partial charge on any atom is -0.506 e. The molecule has 2 saturated carbocycles. The number of aromatic hydroxyl groups is 1. The Labute approximate surface area is 383 Å². The van der Waals surface area contributed by atoms with Crippen LogP contribution in [0.3, 0.4) is 0 Å². The third kappa shape index (κ3) is 8.45. The number of hydrogen-bond acceptors (Lipinski definition) is 12. The van der Waals surface area contributed by atoms with Gasteiger partial charge in [0.2, 0.25) is 0 Å². The Morgan fingerprint density at radius 3 is 2.55 bits per heavy atom. The van der Waals surface area contributed by atoms with Crippen molar-refractivity contribution in [3.8, 4) is 17.2 Å². The molecule has 348 valence electrons. The van der Waals surface area contributed by atoms with Crippen LogP contribution in [0.15, 0.2) is 72.3 Å². The molecule has 4 fully saturated rings. The van der Waals surface area contributed by atoms with E-state index in [4.69, 9.17) is 4.74 Å². The van der Waals surface area contributed by atoms with Crippen molar-refractivity contribution >= 4 is 49.5 Å². The van der Waals surface area contributed by atoms with Crippen LogP contribution in [0.2, 0.25) is 0 Å². The van der Waals surface area contributed by atoms with Gasteiger partial charge in [-0.05, 0) is 112 Å². The molecule has 10 rings (SSSR count). The highest BCUT2D eigenvalue weighted by Crippen LogP contribution is 2.54. The third-order valence-corrected chi connectivity index (χ3v) is 16.3. The van der Waals surface area contributed by atoms with Crippen molar-refractivity contribution in [2.45, 2.75) is 113 Å². The highest BCUT2D eigenvalue weighted by atomic mass is 32.2. The summed E-state index contributed by atoms with van der Waals surface area (Å²) in [5.41, 5.74) is 3.20. The summed E-state index contributed by atoms with van der Waals surface area (Å²) < 4.78 is 51.2. The second-order valence-electron chi connectivity index (χ2n) is 19.7. The Hall–Kier alpha value is -5.78. The number of aromatic amines is 2. The van der Waals surface area contributed by atoms with E-state index in [1.165, 1.54) is 55.0 Å². The Balaban J connectivity index is 0.862. The molecule has 0 unspecified atom stereocenters. The average Bonchev–Trinajstić information content (AvgIpc) is 4.06. The van der Waals surface area contributed by atoms with E-state index in [0.717, 1.165) is 64.2 Å². The standard InChI is InChI=1S/C49H58FN9O6S/c1-29(2)33-7-4-5-8-34(33)38-9-6-16-59(38)31-22-49(23-31)14-17-58(18-15-49)42-21-40(65-32-19-35-37(50)27-54-46(35)53-25-32)36(26-51-42)47(61)57-66(63,64)41-20-39(60)43(45-44(41)55-28-56-45)52-24-30-10-12-48(3,62)13-11-30/h4-5,7-8,19-21,25-31,38,52,60,62H,6,9-18,22-24H2,1-3H3,(H,53,54)(H,55,56)(H,57,61)/t30?,38-,48?/m0/s1. The summed E-state index contributed by atoms with van der Waals surface area (Å²) >= 11 is 0. The predicted molar refractivity (Wildman–Crippen MR) is 250 cm³/mol. The smallest absolute Gasteiger partial charge is 0.270 e. The lowest BCUT2D eigenvalue weighted by molar-refractivity contribution is -0.0228. The Kier molecular flexibility index (Phi) is 11.4. The fraction of sp³-hybridized carbons (Fsp3) is 0.469. The molecule has 6 aromatic rings. The number of anilines is 2. The van der Waals surface area contributed by atoms with Gasteiger partial charge in [0.25, 0.3) is 15.9 Å². The van der Waals surface area contributed by atoms with Crippen molar-refractivity contribution in [3.05, 3.63) is 89.9 Å². The number of halogens is 1. The number of rotatable bonds is 12. The molecule has 0 bridgehead atoms. The van der Waals surface area contributed by atoms with Crippen LogP contribution in [0, 0.1) is 17.2 Å². The molecule has 2 aromatic carbocycles. The summed E-state index contributed by atoms with van der Waals surface area (Å²) in [6.07, 6.45) is 14.8. The number of likely N-dealkylation sites (tertiary alicyclic amines) is 1. The first kappa shape index (κ1) is 44.1. The number of ether oxygens (including phenoxy) is 1. The second kappa shape index (κ2) is 17.1. The predicted octanol–water partition coefficient (Wildman–Crippen LogP) is 8.65. The number of benzene rings is 2. The summed E-state index contributed by atoms with van der Waals surface area (Å²) in [7, 11) is -4.65. The quantitative estimate of drug-likeness (QED) is 0.0639. The number of carbonyl (C=O) groups is 1. The van der Waals surface area contributed by atoms with Gasteiger partial charge in [0, 0.05) is 56.2 Å². The minimum atomic E-state index is -4.65. The number of phenols is 1. The SMILES string of the molecule is CC(C)c1ccccc1[C@@H]1CCCN1C1CC2(CCN(c3cc(Oc4cnc5[nH]cc(F)c5c4)c(C(=O)NS(=O)(=O)c4cc(O)c(NCC5CCC(C)(O)CC5)c5[nH]cnc45)cn3)CC2)C1. The zero-order valence-electron chi connectivity index (χ0n) is 37.6. The summed E-state index contributed by atoms with van der Waals surface area (Å²) in [6, 6.07) is 14.1. The van der Waals surface area contributed by atoms with Gasteiger partial charge in [-0.1, -0.05) is 38.1 Å². The minimum absolute atomic E-state index is 0.00656. The highest BCUT2D eigenvalue weighted by Gasteiger charge is 2.50. The van der Waals surface area contributed by atoms with Gasteiger partial charge < -0.3 is 35.1 Å². The third-order valence-electron chi connectivity index (χ3n) is 14.9. The van der Waals surface area contributed by atoms with Gasteiger partial charge in [-0.15, -0.1) is 0 Å². The molecule has 0 radical (unpaired) electrons. The summed E-state index contributed by atoms with van der Waals surface area (Å²) in [6.45, 7) is 9.51. The zero-order valence-corrected chi connectivity index (χ0v) is 38.4. The molecule has 2 aliphatic heterocycles. The monoisotopic (exact) mass is 919 g/mol. The second-order valence-corrected chi connectivity index (χ2v) is 21.4. The number of nitrogens with zero attached hydrogens (tertiary/aromatic N) is 5. The first-order chi connectivity index (χ1) is 31.7. The summed E-state index contributed by atoms with van der Waals surface area (Å²) in [4.78, 5) is 37.5. The van der Waals surface area contributed by atoms with Crippen molar-refractivity contribution in [1.82, 2.24) is 34.5 Å². The molecule has 1 spiro atoms. The number of phenolic OH excluding ortho intramolecular Hbond substituents is 1. The first-order valence-electron chi connectivity index (χ1n) is 23.3. The van der Waals surface area contributed by atoms with E-state index in [1.807, 2.05) is 6.92 Å². The number of nitrogens with one attached hydrogen (secondary N) is 4. The van der Waals surface area contributed by atoms with E-state index in [2.05, 4.69) is 82.9 Å². The number of carbonyl (C=O) groups excluding carboxylic acids is 1. The maximum Gasteiger partial charge on any atom is 0.270 e. The number of aromatic nitrogens is 5. The average molecular weight is 920 g/mol. The molecule has 2 saturated heterocycles. The molecule has 66 heavy (non-hydrogen) atoms. The Morgan fingerprint density at radius 2 is 1.77 bits per heavy atom. The molecule has 1 amide bonds. The molecule has 17 heteroatoms. The number of fused-ring (bicyclic) bond motifs is 2. The van der Waals surface area contributed by atoms with Crippen molar-refractivity contribution < 1.29 is 32.6 Å². The lowest BCUT2D eigenvalue weighted by Crippen LogP contribution is -2.55. The van der Waals surface area contributed by atoms with E-state index in [-0.39, 0.29) is 56.3 Å². The van der Waals surface area contributed by atoms with Crippen LogP contribution in [0.1, 0.15) is 118 Å². The lowest BCUT2D eigenvalue weighted by atomic mass is 9.60. The molecular weight excluding hydrogens is 862 g/mol. The molecule has 6 heterocycles. The van der Waals surface area contributed by atoms with Crippen LogP contribution in [0.4, 0.5) is 15.9 Å². The van der Waals surface area contributed by atoms with Gasteiger partial charge in [0.1, 0.15) is 56.2 Å². The number of pyridine rings is 2. The van der Waals surface area contributed by atoms with E-state index >= 15 is 0 Å². The first-order valence-corrected chi connectivity index (χ1v) is 24.8. The molecule has 4 aromatic heterocycles. The van der Waals surface area contributed by atoms with Crippen LogP contribution in [0.25, 0.3) is 22.1 Å². The van der Waals surface area contributed by atoms with Gasteiger partial charge in [0.05, 0.1) is 29.0 Å². The van der Waals surface area contributed by atoms with Crippen molar-refractivity contribution in [2.24, 2.45) is 11.3 Å². The van der Waals surface area contributed by atoms with Crippen LogP contribution in [-0.4, -0.2) is 92.2 Å². The molecule has 4 aliphatic rings. The zero-order chi connectivity index (χ0) is 46.0. The van der Waals surface area contributed by atoms with Crippen molar-refractivity contribution in [3.63, 3.8) is 0 Å². The van der Waals surface area contributed by atoms with Gasteiger partial charge in [-0.2, -0.15) is 0 Å². The maximum atomic E-state index is 14.7. The van der Waals surface area contributed by atoms with Crippen LogP contribution < -0.4 is 19.7 Å². The maximum absolute atomic E-state index is 14.7.